The van der Waals surface area contributed by atoms with Crippen LogP contribution in [-0.4, -0.2) is 17.6 Å². The molecule has 1 atom stereocenters. The number of benzene rings is 1. The fraction of sp³-hybridized carbons (Fsp3) is 0.333. The van der Waals surface area contributed by atoms with Gasteiger partial charge in [0.15, 0.2) is 5.75 Å². The fourth-order valence-electron chi connectivity index (χ4n) is 0.976. The van der Waals surface area contributed by atoms with Crippen molar-refractivity contribution in [3.63, 3.8) is 0 Å². The fourth-order valence-corrected chi connectivity index (χ4v) is 1.14. The van der Waals surface area contributed by atoms with E-state index in [4.69, 9.17) is 22.1 Å². The maximum absolute atomic E-state index is 10.7. The number of nitro benzene ring substituents is 1. The maximum Gasteiger partial charge on any atom is 0.312 e. The Morgan fingerprint density at radius 3 is 2.87 bits per heavy atom. The number of halogens is 1. The molecule has 1 rings (SSSR count). The predicted molar refractivity (Wildman–Crippen MR) is 57.3 cm³/mol. The van der Waals surface area contributed by atoms with Crippen LogP contribution >= 0.6 is 11.6 Å². The number of rotatable bonds is 4. The first-order valence-electron chi connectivity index (χ1n) is 4.33. The van der Waals surface area contributed by atoms with Gasteiger partial charge in [0.25, 0.3) is 0 Å². The molecule has 2 N–H and O–H groups in total. The van der Waals surface area contributed by atoms with Gasteiger partial charge < -0.3 is 10.5 Å². The third-order valence-electron chi connectivity index (χ3n) is 1.62. The smallest absolute Gasteiger partial charge is 0.312 e. The molecule has 0 saturated heterocycles. The Kier molecular flexibility index (Phi) is 3.88. The quantitative estimate of drug-likeness (QED) is 0.634. The van der Waals surface area contributed by atoms with Crippen molar-refractivity contribution in [2.75, 3.05) is 6.61 Å². The molecule has 0 spiro atoms. The van der Waals surface area contributed by atoms with E-state index in [0.717, 1.165) is 0 Å². The second-order valence-electron chi connectivity index (χ2n) is 3.16. The molecular weight excluding hydrogens is 220 g/mol. The molecular formula is C9H11ClN2O3. The third kappa shape index (κ3) is 3.38. The lowest BCUT2D eigenvalue weighted by Crippen LogP contribution is -2.23. The van der Waals surface area contributed by atoms with Crippen LogP contribution in [0.4, 0.5) is 5.69 Å². The first-order chi connectivity index (χ1) is 7.00. The van der Waals surface area contributed by atoms with Gasteiger partial charge in [-0.25, -0.2) is 0 Å². The van der Waals surface area contributed by atoms with Gasteiger partial charge in [0.05, 0.1) is 4.92 Å². The van der Waals surface area contributed by atoms with Gasteiger partial charge in [-0.05, 0) is 19.1 Å². The molecule has 0 radical (unpaired) electrons. The van der Waals surface area contributed by atoms with E-state index >= 15 is 0 Å². The lowest BCUT2D eigenvalue weighted by atomic mass is 10.3. The highest BCUT2D eigenvalue weighted by molar-refractivity contribution is 6.30. The molecule has 0 heterocycles. The molecule has 1 aromatic carbocycles. The number of ether oxygens (including phenoxy) is 1. The average Bonchev–Trinajstić information content (AvgIpc) is 2.15. The highest BCUT2D eigenvalue weighted by Crippen LogP contribution is 2.29. The number of nitrogens with zero attached hydrogens (tertiary/aromatic N) is 1. The molecule has 0 aliphatic rings. The third-order valence-corrected chi connectivity index (χ3v) is 1.85. The van der Waals surface area contributed by atoms with Gasteiger partial charge in [0, 0.05) is 17.1 Å². The van der Waals surface area contributed by atoms with Crippen LogP contribution in [0.5, 0.6) is 5.75 Å². The Bertz CT molecular complexity index is 368. The molecule has 1 aromatic rings. The molecule has 6 heteroatoms. The molecule has 0 aliphatic heterocycles. The van der Waals surface area contributed by atoms with Gasteiger partial charge in [0.2, 0.25) is 0 Å². The first kappa shape index (κ1) is 11.7. The van der Waals surface area contributed by atoms with Crippen molar-refractivity contribution < 1.29 is 9.66 Å². The summed E-state index contributed by atoms with van der Waals surface area (Å²) in [6.07, 6.45) is 0. The molecule has 1 unspecified atom stereocenters. The minimum absolute atomic E-state index is 0.150. The Morgan fingerprint density at radius 2 is 2.33 bits per heavy atom. The summed E-state index contributed by atoms with van der Waals surface area (Å²) in [7, 11) is 0. The van der Waals surface area contributed by atoms with Crippen molar-refractivity contribution in [2.24, 2.45) is 5.73 Å². The lowest BCUT2D eigenvalue weighted by molar-refractivity contribution is -0.385. The summed E-state index contributed by atoms with van der Waals surface area (Å²) < 4.78 is 5.19. The Labute approximate surface area is 91.9 Å². The molecule has 0 amide bonds. The summed E-state index contributed by atoms with van der Waals surface area (Å²) in [6.45, 7) is 1.98. The number of hydrogen-bond acceptors (Lipinski definition) is 4. The van der Waals surface area contributed by atoms with Crippen molar-refractivity contribution in [3.8, 4) is 5.75 Å². The van der Waals surface area contributed by atoms with Gasteiger partial charge in [-0.15, -0.1) is 0 Å². The molecule has 0 bridgehead atoms. The van der Waals surface area contributed by atoms with Crippen molar-refractivity contribution in [1.29, 1.82) is 0 Å². The van der Waals surface area contributed by atoms with Crippen LogP contribution in [0.15, 0.2) is 18.2 Å². The predicted octanol–water partition coefficient (Wildman–Crippen LogP) is 1.97. The van der Waals surface area contributed by atoms with Gasteiger partial charge in [0.1, 0.15) is 6.61 Å². The van der Waals surface area contributed by atoms with Crippen LogP contribution in [0.3, 0.4) is 0 Å². The van der Waals surface area contributed by atoms with Crippen LogP contribution in [0.2, 0.25) is 5.02 Å². The van der Waals surface area contributed by atoms with Crippen molar-refractivity contribution in [3.05, 3.63) is 33.3 Å². The lowest BCUT2D eigenvalue weighted by Gasteiger charge is -2.08. The summed E-state index contributed by atoms with van der Waals surface area (Å²) in [6, 6.07) is 4.06. The number of hydrogen-bond donors (Lipinski definition) is 1. The number of nitrogens with two attached hydrogens (primary N) is 1. The molecule has 0 saturated carbocycles. The molecule has 0 aromatic heterocycles. The standard InChI is InChI=1S/C9H11ClN2O3/c1-6(11)5-15-9-3-2-7(10)4-8(9)12(13)14/h2-4,6H,5,11H2,1H3. The highest BCUT2D eigenvalue weighted by atomic mass is 35.5. The van der Waals surface area contributed by atoms with Crippen molar-refractivity contribution in [2.45, 2.75) is 13.0 Å². The van der Waals surface area contributed by atoms with Crippen molar-refractivity contribution in [1.82, 2.24) is 0 Å². The van der Waals surface area contributed by atoms with E-state index < -0.39 is 4.92 Å². The van der Waals surface area contributed by atoms with E-state index in [1.165, 1.54) is 18.2 Å². The molecule has 0 aliphatic carbocycles. The zero-order valence-corrected chi connectivity index (χ0v) is 8.90. The summed E-state index contributed by atoms with van der Waals surface area (Å²) in [5, 5.41) is 11.0. The van der Waals surface area contributed by atoms with Gasteiger partial charge in [-0.1, -0.05) is 11.6 Å². The minimum atomic E-state index is -0.539. The number of nitro groups is 1. The average molecular weight is 231 g/mol. The van der Waals surface area contributed by atoms with Gasteiger partial charge in [-0.2, -0.15) is 0 Å². The van der Waals surface area contributed by atoms with E-state index in [2.05, 4.69) is 0 Å². The van der Waals surface area contributed by atoms with Gasteiger partial charge >= 0.3 is 5.69 Å². The second kappa shape index (κ2) is 4.95. The van der Waals surface area contributed by atoms with E-state index in [1.54, 1.807) is 6.92 Å². The normalized spacial score (nSPS) is 12.2. The molecule has 0 fully saturated rings. The van der Waals surface area contributed by atoms with E-state index in [0.29, 0.717) is 5.02 Å². The summed E-state index contributed by atoms with van der Waals surface area (Å²) in [5.41, 5.74) is 5.33. The zero-order chi connectivity index (χ0) is 11.4. The largest absolute Gasteiger partial charge is 0.485 e. The van der Waals surface area contributed by atoms with Crippen molar-refractivity contribution >= 4 is 17.3 Å². The Morgan fingerprint density at radius 1 is 1.67 bits per heavy atom. The topological polar surface area (TPSA) is 78.4 Å². The van der Waals surface area contributed by atoms with Crippen LogP contribution < -0.4 is 10.5 Å². The van der Waals surface area contributed by atoms with E-state index in [1.807, 2.05) is 0 Å². The highest BCUT2D eigenvalue weighted by Gasteiger charge is 2.15. The van der Waals surface area contributed by atoms with E-state index in [9.17, 15) is 10.1 Å². The van der Waals surface area contributed by atoms with Crippen LogP contribution in [0, 0.1) is 10.1 Å². The maximum atomic E-state index is 10.7. The Hall–Kier alpha value is -1.33. The molecule has 5 nitrogen and oxygen atoms in total. The monoisotopic (exact) mass is 230 g/mol. The first-order valence-corrected chi connectivity index (χ1v) is 4.71. The summed E-state index contributed by atoms with van der Waals surface area (Å²) >= 11 is 5.64. The minimum Gasteiger partial charge on any atom is -0.485 e. The zero-order valence-electron chi connectivity index (χ0n) is 8.14. The molecule has 15 heavy (non-hydrogen) atoms. The van der Waals surface area contributed by atoms with Gasteiger partial charge in [-0.3, -0.25) is 10.1 Å². The summed E-state index contributed by atoms with van der Waals surface area (Å²) in [5.74, 6) is 0.182. The Balaban J connectivity index is 2.91. The summed E-state index contributed by atoms with van der Waals surface area (Å²) in [4.78, 5) is 10.1. The molecule has 82 valence electrons. The van der Waals surface area contributed by atoms with Crippen LogP contribution in [0.1, 0.15) is 6.92 Å². The van der Waals surface area contributed by atoms with Crippen LogP contribution in [-0.2, 0) is 0 Å². The van der Waals surface area contributed by atoms with E-state index in [-0.39, 0.29) is 24.1 Å². The SMILES string of the molecule is CC(N)COc1ccc(Cl)cc1[N+](=O)[O-]. The second-order valence-corrected chi connectivity index (χ2v) is 3.59. The van der Waals surface area contributed by atoms with Crippen LogP contribution in [0.25, 0.3) is 0 Å².